The molecule has 0 aliphatic carbocycles. The number of nitrogens with one attached hydrogen (secondary N) is 1. The molecule has 0 aliphatic rings. The highest BCUT2D eigenvalue weighted by molar-refractivity contribution is 4.66. The fourth-order valence-electron chi connectivity index (χ4n) is 1.68. The van der Waals surface area contributed by atoms with E-state index in [1.807, 2.05) is 0 Å². The van der Waals surface area contributed by atoms with Crippen LogP contribution in [0.15, 0.2) is 0 Å². The molecular weight excluding hydrogens is 182 g/mol. The average molecular weight is 213 g/mol. The summed E-state index contributed by atoms with van der Waals surface area (Å²) >= 11 is 0. The van der Waals surface area contributed by atoms with Crippen molar-refractivity contribution in [2.45, 2.75) is 54.4 Å². The van der Waals surface area contributed by atoms with E-state index in [9.17, 15) is 0 Å². The van der Waals surface area contributed by atoms with Crippen LogP contribution in [0.4, 0.5) is 0 Å². The van der Waals surface area contributed by atoms with Crippen LogP contribution < -0.4 is 5.32 Å². The molecule has 0 radical (unpaired) electrons. The van der Waals surface area contributed by atoms with Crippen LogP contribution >= 0.6 is 0 Å². The number of rotatable bonds is 8. The third kappa shape index (κ3) is 8.92. The van der Waals surface area contributed by atoms with Gasteiger partial charge in [0.2, 0.25) is 0 Å². The van der Waals surface area contributed by atoms with E-state index in [1.54, 1.807) is 0 Å². The maximum atomic E-state index is 3.55. The molecular formula is C14H31N. The molecule has 1 N–H and O–H groups in total. The maximum absolute atomic E-state index is 3.55. The lowest BCUT2D eigenvalue weighted by Gasteiger charge is -2.21. The van der Waals surface area contributed by atoms with Crippen molar-refractivity contribution >= 4 is 0 Å². The van der Waals surface area contributed by atoms with Crippen molar-refractivity contribution in [1.29, 1.82) is 0 Å². The highest BCUT2D eigenvalue weighted by atomic mass is 14.9. The van der Waals surface area contributed by atoms with Crippen molar-refractivity contribution in [1.82, 2.24) is 5.32 Å². The minimum Gasteiger partial charge on any atom is -0.316 e. The summed E-state index contributed by atoms with van der Waals surface area (Å²) in [6.45, 7) is 16.3. The van der Waals surface area contributed by atoms with E-state index in [4.69, 9.17) is 0 Å². The van der Waals surface area contributed by atoms with Gasteiger partial charge in [0.1, 0.15) is 0 Å². The molecule has 2 atom stereocenters. The number of hydrogen-bond acceptors (Lipinski definition) is 1. The molecule has 0 aliphatic heterocycles. The summed E-state index contributed by atoms with van der Waals surface area (Å²) in [7, 11) is 0. The topological polar surface area (TPSA) is 12.0 Å². The van der Waals surface area contributed by atoms with Crippen LogP contribution in [0.2, 0.25) is 0 Å². The second-order valence-corrected chi connectivity index (χ2v) is 5.98. The normalized spacial score (nSPS) is 16.0. The molecule has 0 aromatic rings. The smallest absolute Gasteiger partial charge is 0.00205 e. The molecule has 0 amide bonds. The largest absolute Gasteiger partial charge is 0.316 e. The molecule has 0 aromatic heterocycles. The van der Waals surface area contributed by atoms with Crippen molar-refractivity contribution < 1.29 is 0 Å². The van der Waals surface area contributed by atoms with Gasteiger partial charge >= 0.3 is 0 Å². The Kier molecular flexibility index (Phi) is 8.13. The highest BCUT2D eigenvalue weighted by Gasteiger charge is 2.12. The lowest BCUT2D eigenvalue weighted by Crippen LogP contribution is -2.28. The summed E-state index contributed by atoms with van der Waals surface area (Å²) in [5, 5.41) is 3.55. The molecule has 0 rings (SSSR count). The summed E-state index contributed by atoms with van der Waals surface area (Å²) in [4.78, 5) is 0. The Balaban J connectivity index is 3.55. The van der Waals surface area contributed by atoms with E-state index in [-0.39, 0.29) is 0 Å². The van der Waals surface area contributed by atoms with Gasteiger partial charge in [-0.25, -0.2) is 0 Å². The molecule has 0 fully saturated rings. The molecule has 2 unspecified atom stereocenters. The third-order valence-electron chi connectivity index (χ3n) is 3.19. The van der Waals surface area contributed by atoms with Gasteiger partial charge in [0, 0.05) is 0 Å². The summed E-state index contributed by atoms with van der Waals surface area (Å²) in [5.74, 6) is 3.28. The molecule has 15 heavy (non-hydrogen) atoms. The first-order chi connectivity index (χ1) is 6.93. The molecule has 0 aromatic carbocycles. The third-order valence-corrected chi connectivity index (χ3v) is 3.19. The van der Waals surface area contributed by atoms with Gasteiger partial charge in [-0.15, -0.1) is 0 Å². The zero-order chi connectivity index (χ0) is 11.8. The molecule has 0 saturated carbocycles. The average Bonchev–Trinajstić information content (AvgIpc) is 2.13. The van der Waals surface area contributed by atoms with Crippen molar-refractivity contribution in [2.24, 2.45) is 23.7 Å². The second kappa shape index (κ2) is 8.15. The molecule has 0 saturated heterocycles. The minimum atomic E-state index is 0.767. The van der Waals surface area contributed by atoms with E-state index < -0.39 is 0 Å². The Morgan fingerprint density at radius 3 is 1.73 bits per heavy atom. The Morgan fingerprint density at radius 1 is 0.667 bits per heavy atom. The predicted molar refractivity (Wildman–Crippen MR) is 70.1 cm³/mol. The quantitative estimate of drug-likeness (QED) is 0.644. The van der Waals surface area contributed by atoms with Crippen LogP contribution in [0.5, 0.6) is 0 Å². The van der Waals surface area contributed by atoms with Gasteiger partial charge in [-0.1, -0.05) is 54.4 Å². The van der Waals surface area contributed by atoms with Gasteiger partial charge in [-0.05, 0) is 36.8 Å². The van der Waals surface area contributed by atoms with E-state index >= 15 is 0 Å². The Morgan fingerprint density at radius 2 is 1.27 bits per heavy atom. The fraction of sp³-hybridized carbons (Fsp3) is 1.00. The van der Waals surface area contributed by atoms with Crippen LogP contribution in [0.1, 0.15) is 54.4 Å². The zero-order valence-electron chi connectivity index (χ0n) is 11.6. The Bertz CT molecular complexity index is 140. The van der Waals surface area contributed by atoms with Crippen molar-refractivity contribution in [3.63, 3.8) is 0 Å². The Hall–Kier alpha value is -0.0400. The molecule has 92 valence electrons. The second-order valence-electron chi connectivity index (χ2n) is 5.98. The van der Waals surface area contributed by atoms with Crippen LogP contribution in [0.3, 0.4) is 0 Å². The molecule has 0 spiro atoms. The van der Waals surface area contributed by atoms with E-state index in [0.717, 1.165) is 30.2 Å². The van der Waals surface area contributed by atoms with Gasteiger partial charge in [-0.3, -0.25) is 0 Å². The van der Waals surface area contributed by atoms with Gasteiger partial charge in [0.05, 0.1) is 0 Å². The van der Waals surface area contributed by atoms with Crippen LogP contribution in [-0.2, 0) is 0 Å². The molecule has 1 nitrogen and oxygen atoms in total. The fourth-order valence-corrected chi connectivity index (χ4v) is 1.68. The van der Waals surface area contributed by atoms with Crippen LogP contribution in [0.25, 0.3) is 0 Å². The van der Waals surface area contributed by atoms with Crippen LogP contribution in [-0.4, -0.2) is 13.1 Å². The molecule has 0 heterocycles. The van der Waals surface area contributed by atoms with Crippen molar-refractivity contribution in [3.05, 3.63) is 0 Å². The first-order valence-electron chi connectivity index (χ1n) is 6.64. The summed E-state index contributed by atoms with van der Waals surface area (Å²) < 4.78 is 0. The van der Waals surface area contributed by atoms with Crippen molar-refractivity contribution in [3.8, 4) is 0 Å². The summed E-state index contributed by atoms with van der Waals surface area (Å²) in [5.41, 5.74) is 0. The lowest BCUT2D eigenvalue weighted by atomic mass is 9.89. The van der Waals surface area contributed by atoms with E-state index in [1.165, 1.54) is 19.4 Å². The first-order valence-corrected chi connectivity index (χ1v) is 6.64. The van der Waals surface area contributed by atoms with E-state index in [0.29, 0.717) is 0 Å². The summed E-state index contributed by atoms with van der Waals surface area (Å²) in [6, 6.07) is 0. The van der Waals surface area contributed by atoms with Gasteiger partial charge in [0.25, 0.3) is 0 Å². The van der Waals surface area contributed by atoms with Gasteiger partial charge in [0.15, 0.2) is 0 Å². The first kappa shape index (κ1) is 15.0. The summed E-state index contributed by atoms with van der Waals surface area (Å²) in [6.07, 6.45) is 2.75. The zero-order valence-corrected chi connectivity index (χ0v) is 11.6. The minimum absolute atomic E-state index is 0.767. The monoisotopic (exact) mass is 213 g/mol. The molecule has 1 heteroatoms. The Labute approximate surface area is 97.0 Å². The predicted octanol–water partition coefficient (Wildman–Crippen LogP) is 3.94. The highest BCUT2D eigenvalue weighted by Crippen LogP contribution is 2.19. The van der Waals surface area contributed by atoms with Crippen LogP contribution in [0, 0.1) is 23.7 Å². The standard InChI is InChI=1S/C14H31N/c1-11(2)7-8-13(5)14(6)10-15-9-12(3)4/h11-15H,7-10H2,1-6H3. The maximum Gasteiger partial charge on any atom is -0.00205 e. The van der Waals surface area contributed by atoms with Gasteiger partial charge in [-0.2, -0.15) is 0 Å². The SMILES string of the molecule is CC(C)CCC(C)C(C)CNCC(C)C. The lowest BCUT2D eigenvalue weighted by molar-refractivity contribution is 0.320. The van der Waals surface area contributed by atoms with Gasteiger partial charge < -0.3 is 5.32 Å². The van der Waals surface area contributed by atoms with E-state index in [2.05, 4.69) is 46.9 Å². The number of hydrogen-bond donors (Lipinski definition) is 1. The van der Waals surface area contributed by atoms with Crippen molar-refractivity contribution in [2.75, 3.05) is 13.1 Å². The molecule has 0 bridgehead atoms.